The van der Waals surface area contributed by atoms with E-state index in [9.17, 15) is 19.5 Å². The van der Waals surface area contributed by atoms with Gasteiger partial charge in [0.25, 0.3) is 0 Å². The number of hydrogen-bond acceptors (Lipinski definition) is 4. The van der Waals surface area contributed by atoms with Crippen LogP contribution in [-0.4, -0.2) is 57.7 Å². The van der Waals surface area contributed by atoms with Crippen LogP contribution >= 0.6 is 0 Å². The molecule has 2 amide bonds. The minimum atomic E-state index is -1.58. The van der Waals surface area contributed by atoms with E-state index < -0.39 is 29.4 Å². The van der Waals surface area contributed by atoms with Crippen molar-refractivity contribution in [3.05, 3.63) is 71.9 Å². The quantitative estimate of drug-likeness (QED) is 0.269. The number of carboxylic acids is 1. The van der Waals surface area contributed by atoms with Gasteiger partial charge in [0, 0.05) is 36.1 Å². The lowest BCUT2D eigenvalue weighted by atomic mass is 9.85. The molecule has 0 radical (unpaired) electrons. The zero-order valence-electron chi connectivity index (χ0n) is 22.7. The molecule has 3 rings (SSSR count). The molecule has 38 heavy (non-hydrogen) atoms. The van der Waals surface area contributed by atoms with Crippen LogP contribution in [-0.2, 0) is 27.2 Å². The number of aliphatic carboxylic acids is 1. The normalized spacial score (nSPS) is 13.6. The number of H-pyrrole nitrogens is 1. The van der Waals surface area contributed by atoms with E-state index in [-0.39, 0.29) is 32.0 Å². The molecule has 0 aliphatic rings. The predicted molar refractivity (Wildman–Crippen MR) is 148 cm³/mol. The monoisotopic (exact) mass is 521 g/mol. The number of rotatable bonds is 13. The number of nitrogens with zero attached hydrogens (tertiary/aromatic N) is 1. The second kappa shape index (κ2) is 13.1. The van der Waals surface area contributed by atoms with Crippen molar-refractivity contribution in [1.29, 1.82) is 0 Å². The molecule has 0 saturated heterocycles. The van der Waals surface area contributed by atoms with Gasteiger partial charge in [-0.25, -0.2) is 9.59 Å². The van der Waals surface area contributed by atoms with E-state index in [2.05, 4.69) is 10.3 Å². The van der Waals surface area contributed by atoms with E-state index in [1.54, 1.807) is 20.0 Å². The topological polar surface area (TPSA) is 112 Å². The van der Waals surface area contributed by atoms with Gasteiger partial charge < -0.3 is 25.0 Å². The number of ether oxygens (including phenoxy) is 1. The Labute approximate surface area is 224 Å². The zero-order chi connectivity index (χ0) is 27.7. The lowest BCUT2D eigenvalue weighted by molar-refractivity contribution is -0.155. The average Bonchev–Trinajstić information content (AvgIpc) is 3.30. The number of aromatic nitrogens is 1. The van der Waals surface area contributed by atoms with Crippen molar-refractivity contribution in [3.63, 3.8) is 0 Å². The lowest BCUT2D eigenvalue weighted by Gasteiger charge is -2.42. The molecule has 8 heteroatoms. The molecule has 0 saturated carbocycles. The Balaban J connectivity index is 2.02. The van der Waals surface area contributed by atoms with Crippen molar-refractivity contribution < 1.29 is 24.2 Å². The van der Waals surface area contributed by atoms with E-state index >= 15 is 0 Å². The van der Waals surface area contributed by atoms with Crippen LogP contribution in [0.2, 0.25) is 0 Å². The van der Waals surface area contributed by atoms with Crippen LogP contribution in [0.1, 0.15) is 51.7 Å². The molecular formula is C30H39N3O5. The molecule has 3 aromatic rings. The van der Waals surface area contributed by atoms with Crippen LogP contribution in [0.5, 0.6) is 0 Å². The highest BCUT2D eigenvalue weighted by molar-refractivity contribution is 5.89. The molecule has 204 valence electrons. The van der Waals surface area contributed by atoms with E-state index in [1.807, 2.05) is 68.4 Å². The number of hydrogen-bond donors (Lipinski definition) is 3. The number of carbonyl (C=O) groups is 3. The Morgan fingerprint density at radius 3 is 2.37 bits per heavy atom. The second-order valence-corrected chi connectivity index (χ2v) is 9.91. The summed E-state index contributed by atoms with van der Waals surface area (Å²) in [6.45, 7) is 7.27. The van der Waals surface area contributed by atoms with Crippen molar-refractivity contribution in [1.82, 2.24) is 15.2 Å². The number of para-hydroxylation sites is 1. The molecule has 1 aromatic heterocycles. The van der Waals surface area contributed by atoms with Gasteiger partial charge >= 0.3 is 18.0 Å². The minimum Gasteiger partial charge on any atom is -0.479 e. The number of amides is 2. The third kappa shape index (κ3) is 6.73. The van der Waals surface area contributed by atoms with E-state index in [0.717, 1.165) is 22.0 Å². The van der Waals surface area contributed by atoms with Gasteiger partial charge in [-0.15, -0.1) is 0 Å². The number of nitrogens with one attached hydrogen (secondary N) is 2. The summed E-state index contributed by atoms with van der Waals surface area (Å²) in [6.07, 6.45) is 3.05. The van der Waals surface area contributed by atoms with Gasteiger partial charge in [-0.05, 0) is 57.2 Å². The standard InChI is InChI=1S/C30H39N3O5/c1-5-30(28(35)36,18-24-19-31-26-15-11-10-14-25(24)26)33(29(37)32-21(3)4)20-23(27(34)38-6-2)17-16-22-12-8-7-9-13-22/h7-15,19,21,23,31H,5-6,16-18,20H2,1-4H3,(H,32,37)(H,35,36)/t23?,30-/m1/s1. The number of carbonyl (C=O) groups excluding carboxylic acids is 2. The van der Waals surface area contributed by atoms with Crippen LogP contribution in [0.15, 0.2) is 60.8 Å². The minimum absolute atomic E-state index is 0.0767. The fourth-order valence-corrected chi connectivity index (χ4v) is 4.87. The van der Waals surface area contributed by atoms with Crippen molar-refractivity contribution >= 4 is 28.9 Å². The van der Waals surface area contributed by atoms with Gasteiger partial charge in [0.1, 0.15) is 5.54 Å². The predicted octanol–water partition coefficient (Wildman–Crippen LogP) is 5.18. The van der Waals surface area contributed by atoms with Crippen LogP contribution in [0.25, 0.3) is 10.9 Å². The number of esters is 1. The maximum absolute atomic E-state index is 13.6. The van der Waals surface area contributed by atoms with Crippen LogP contribution in [0.4, 0.5) is 4.79 Å². The molecule has 8 nitrogen and oxygen atoms in total. The lowest BCUT2D eigenvalue weighted by Crippen LogP contribution is -2.62. The van der Waals surface area contributed by atoms with Gasteiger partial charge in [0.15, 0.2) is 0 Å². The van der Waals surface area contributed by atoms with Gasteiger partial charge in [-0.2, -0.15) is 0 Å². The summed E-state index contributed by atoms with van der Waals surface area (Å²) in [4.78, 5) is 44.3. The summed E-state index contributed by atoms with van der Waals surface area (Å²) in [5.41, 5.74) is 1.16. The first-order valence-electron chi connectivity index (χ1n) is 13.3. The molecule has 3 N–H and O–H groups in total. The first kappa shape index (κ1) is 28.8. The third-order valence-electron chi connectivity index (χ3n) is 6.96. The highest BCUT2D eigenvalue weighted by atomic mass is 16.5. The van der Waals surface area contributed by atoms with E-state index in [1.165, 1.54) is 4.90 Å². The summed E-state index contributed by atoms with van der Waals surface area (Å²) >= 11 is 0. The van der Waals surface area contributed by atoms with Crippen molar-refractivity contribution in [2.24, 2.45) is 5.92 Å². The molecule has 0 aliphatic carbocycles. The summed E-state index contributed by atoms with van der Waals surface area (Å²) in [5.74, 6) is -2.25. The van der Waals surface area contributed by atoms with Crippen molar-refractivity contribution in [2.45, 2.75) is 65.0 Å². The highest BCUT2D eigenvalue weighted by Gasteiger charge is 2.47. The number of benzene rings is 2. The first-order valence-corrected chi connectivity index (χ1v) is 13.3. The molecule has 2 atom stereocenters. The molecule has 2 aromatic carbocycles. The molecule has 1 unspecified atom stereocenters. The van der Waals surface area contributed by atoms with E-state index in [4.69, 9.17) is 4.74 Å². The van der Waals surface area contributed by atoms with Gasteiger partial charge in [-0.1, -0.05) is 55.5 Å². The smallest absolute Gasteiger partial charge is 0.330 e. The Hall–Kier alpha value is -3.81. The summed E-state index contributed by atoms with van der Waals surface area (Å²) < 4.78 is 5.37. The first-order chi connectivity index (χ1) is 18.2. The number of carboxylic acid groups (broad SMARTS) is 1. The third-order valence-corrected chi connectivity index (χ3v) is 6.96. The number of aryl methyl sites for hydroxylation is 1. The number of urea groups is 1. The molecule has 0 bridgehead atoms. The summed E-state index contributed by atoms with van der Waals surface area (Å²) in [6, 6.07) is 16.7. The number of fused-ring (bicyclic) bond motifs is 1. The zero-order valence-corrected chi connectivity index (χ0v) is 22.7. The van der Waals surface area contributed by atoms with E-state index in [0.29, 0.717) is 12.8 Å². The van der Waals surface area contributed by atoms with Crippen molar-refractivity contribution in [2.75, 3.05) is 13.2 Å². The maximum atomic E-state index is 13.6. The summed E-state index contributed by atoms with van der Waals surface area (Å²) in [7, 11) is 0. The Morgan fingerprint density at radius 1 is 1.05 bits per heavy atom. The van der Waals surface area contributed by atoms with Crippen LogP contribution in [0.3, 0.4) is 0 Å². The summed E-state index contributed by atoms with van der Waals surface area (Å²) in [5, 5.41) is 14.4. The maximum Gasteiger partial charge on any atom is 0.330 e. The van der Waals surface area contributed by atoms with Gasteiger partial charge in [0.05, 0.1) is 12.5 Å². The fraction of sp³-hybridized carbons (Fsp3) is 0.433. The Bertz CT molecular complexity index is 1220. The molecular weight excluding hydrogens is 482 g/mol. The molecule has 0 aliphatic heterocycles. The number of aromatic amines is 1. The van der Waals surface area contributed by atoms with Crippen LogP contribution < -0.4 is 5.32 Å². The second-order valence-electron chi connectivity index (χ2n) is 9.91. The highest BCUT2D eigenvalue weighted by Crippen LogP contribution is 2.31. The fourth-order valence-electron chi connectivity index (χ4n) is 4.87. The van der Waals surface area contributed by atoms with Crippen LogP contribution in [0, 0.1) is 5.92 Å². The van der Waals surface area contributed by atoms with Gasteiger partial charge in [-0.3, -0.25) is 4.79 Å². The molecule has 0 spiro atoms. The Kier molecular flexibility index (Phi) is 9.93. The Morgan fingerprint density at radius 2 is 1.74 bits per heavy atom. The van der Waals surface area contributed by atoms with Crippen molar-refractivity contribution in [3.8, 4) is 0 Å². The molecule has 0 fully saturated rings. The van der Waals surface area contributed by atoms with Gasteiger partial charge in [0.2, 0.25) is 0 Å². The SMILES string of the molecule is CCOC(=O)C(CCc1ccccc1)CN(C(=O)NC(C)C)[C@](CC)(Cc1c[nH]c2ccccc12)C(=O)O. The average molecular weight is 522 g/mol. The molecule has 1 heterocycles. The largest absolute Gasteiger partial charge is 0.479 e.